The van der Waals surface area contributed by atoms with E-state index in [0.717, 1.165) is 57.8 Å². The molecule has 1 aliphatic heterocycles. The maximum absolute atomic E-state index is 12.7. The summed E-state index contributed by atoms with van der Waals surface area (Å²) in [5.41, 5.74) is 0. The van der Waals surface area contributed by atoms with Gasteiger partial charge in [-0.1, -0.05) is 167 Å². The van der Waals surface area contributed by atoms with E-state index in [4.69, 9.17) is 18.9 Å². The van der Waals surface area contributed by atoms with Crippen LogP contribution in [0.3, 0.4) is 0 Å². The maximum Gasteiger partial charge on any atom is 0.306 e. The Morgan fingerprint density at radius 2 is 0.964 bits per heavy atom. The quantitative estimate of drug-likeness (QED) is 0.0271. The molecule has 0 amide bonds. The average molecular weight is 785 g/mol. The zero-order valence-electron chi connectivity index (χ0n) is 35.2. The Labute approximate surface area is 335 Å². The molecule has 1 saturated heterocycles. The van der Waals surface area contributed by atoms with Crippen molar-refractivity contribution < 1.29 is 49.0 Å². The monoisotopic (exact) mass is 785 g/mol. The van der Waals surface area contributed by atoms with Gasteiger partial charge in [0.05, 0.1) is 13.2 Å². The number of esters is 2. The number of ether oxygens (including phenoxy) is 4. The van der Waals surface area contributed by atoms with E-state index in [1.807, 2.05) is 0 Å². The molecule has 0 spiro atoms. The number of rotatable bonds is 38. The van der Waals surface area contributed by atoms with E-state index >= 15 is 0 Å². The number of unbranched alkanes of at least 4 members (excludes halogenated alkanes) is 25. The minimum Gasteiger partial charge on any atom is -0.462 e. The normalized spacial score (nSPS) is 20.6. The Morgan fingerprint density at radius 3 is 1.45 bits per heavy atom. The molecule has 55 heavy (non-hydrogen) atoms. The van der Waals surface area contributed by atoms with Crippen LogP contribution < -0.4 is 0 Å². The Bertz CT molecular complexity index is 912. The summed E-state index contributed by atoms with van der Waals surface area (Å²) in [4.78, 5) is 25.3. The van der Waals surface area contributed by atoms with Crippen molar-refractivity contribution >= 4 is 11.9 Å². The fraction of sp³-hybridized carbons (Fsp3) is 0.911. The van der Waals surface area contributed by atoms with Gasteiger partial charge in [-0.15, -0.1) is 0 Å². The minimum absolute atomic E-state index is 0.215. The highest BCUT2D eigenvalue weighted by Crippen LogP contribution is 2.23. The topological polar surface area (TPSA) is 152 Å². The van der Waals surface area contributed by atoms with Crippen LogP contribution in [0.4, 0.5) is 0 Å². The fourth-order valence-electron chi connectivity index (χ4n) is 7.01. The molecule has 10 heteroatoms. The van der Waals surface area contributed by atoms with Crippen molar-refractivity contribution in [1.29, 1.82) is 0 Å². The van der Waals surface area contributed by atoms with Crippen LogP contribution in [-0.2, 0) is 28.5 Å². The summed E-state index contributed by atoms with van der Waals surface area (Å²) < 4.78 is 22.1. The van der Waals surface area contributed by atoms with Crippen LogP contribution in [0.25, 0.3) is 0 Å². The first kappa shape index (κ1) is 51.5. The number of aliphatic hydroxyl groups is 4. The van der Waals surface area contributed by atoms with Gasteiger partial charge in [-0.2, -0.15) is 0 Å². The van der Waals surface area contributed by atoms with Gasteiger partial charge in [-0.3, -0.25) is 9.59 Å². The van der Waals surface area contributed by atoms with Crippen molar-refractivity contribution in [3.05, 3.63) is 12.2 Å². The summed E-state index contributed by atoms with van der Waals surface area (Å²) >= 11 is 0. The van der Waals surface area contributed by atoms with Crippen molar-refractivity contribution in [1.82, 2.24) is 0 Å². The van der Waals surface area contributed by atoms with Gasteiger partial charge in [0.2, 0.25) is 0 Å². The molecular formula is C45H84O10. The van der Waals surface area contributed by atoms with E-state index in [2.05, 4.69) is 26.0 Å². The first-order valence-corrected chi connectivity index (χ1v) is 22.8. The highest BCUT2D eigenvalue weighted by atomic mass is 16.7. The Balaban J connectivity index is 2.29. The molecule has 0 bridgehead atoms. The van der Waals surface area contributed by atoms with Gasteiger partial charge >= 0.3 is 11.9 Å². The molecule has 4 N–H and O–H groups in total. The Hall–Kier alpha value is -1.56. The van der Waals surface area contributed by atoms with Crippen LogP contribution in [0.2, 0.25) is 0 Å². The van der Waals surface area contributed by atoms with Crippen LogP contribution in [0, 0.1) is 0 Å². The molecule has 1 fully saturated rings. The van der Waals surface area contributed by atoms with Gasteiger partial charge in [0, 0.05) is 12.8 Å². The van der Waals surface area contributed by atoms with Gasteiger partial charge in [0.25, 0.3) is 0 Å². The van der Waals surface area contributed by atoms with Crippen LogP contribution in [0.5, 0.6) is 0 Å². The van der Waals surface area contributed by atoms with E-state index in [9.17, 15) is 30.0 Å². The van der Waals surface area contributed by atoms with E-state index < -0.39 is 49.4 Å². The lowest BCUT2D eigenvalue weighted by Gasteiger charge is -2.39. The summed E-state index contributed by atoms with van der Waals surface area (Å²) in [6.07, 6.45) is 30.8. The zero-order valence-corrected chi connectivity index (χ0v) is 35.2. The van der Waals surface area contributed by atoms with Gasteiger partial charge < -0.3 is 39.4 Å². The summed E-state index contributed by atoms with van der Waals surface area (Å²) in [5.74, 6) is -0.807. The van der Waals surface area contributed by atoms with E-state index in [1.165, 1.54) is 116 Å². The molecule has 1 rings (SSSR count). The number of hydrogen-bond acceptors (Lipinski definition) is 10. The number of allylic oxidation sites excluding steroid dienone is 2. The molecular weight excluding hydrogens is 700 g/mol. The Morgan fingerprint density at radius 1 is 0.545 bits per heavy atom. The van der Waals surface area contributed by atoms with Crippen LogP contribution >= 0.6 is 0 Å². The standard InChI is InChI=1S/C45H84O10/c1-3-5-7-9-11-13-15-17-18-19-20-21-22-24-25-27-29-31-33-40(47)52-36-38(37-53-45-44(51)43(50)42(49)39(35-46)55-45)54-41(48)34-32-30-28-26-23-16-14-12-10-8-6-4-2/h12,14,38-39,42-46,49-51H,3-11,13,15-37H2,1-2H3/b14-12+/t38-,39-,42+,43?,44?,45-/m0/s1. The van der Waals surface area contributed by atoms with Gasteiger partial charge in [0.1, 0.15) is 31.0 Å². The highest BCUT2D eigenvalue weighted by Gasteiger charge is 2.44. The summed E-state index contributed by atoms with van der Waals surface area (Å²) in [7, 11) is 0. The number of aliphatic hydroxyl groups excluding tert-OH is 4. The third kappa shape index (κ3) is 28.5. The van der Waals surface area contributed by atoms with Gasteiger partial charge in [-0.25, -0.2) is 0 Å². The minimum atomic E-state index is -1.59. The predicted molar refractivity (Wildman–Crippen MR) is 220 cm³/mol. The second-order valence-electron chi connectivity index (χ2n) is 15.9. The molecule has 6 atom stereocenters. The van der Waals surface area contributed by atoms with Crippen molar-refractivity contribution in [2.45, 2.75) is 243 Å². The first-order chi connectivity index (χ1) is 26.8. The Kier molecular flexibility index (Phi) is 34.4. The molecule has 0 saturated carbocycles. The van der Waals surface area contributed by atoms with Crippen molar-refractivity contribution in [3.63, 3.8) is 0 Å². The molecule has 2 unspecified atom stereocenters. The molecule has 0 aromatic carbocycles. The van der Waals surface area contributed by atoms with Crippen LogP contribution in [-0.4, -0.2) is 89.0 Å². The molecule has 0 aromatic heterocycles. The zero-order chi connectivity index (χ0) is 40.2. The fourth-order valence-corrected chi connectivity index (χ4v) is 7.01. The first-order valence-electron chi connectivity index (χ1n) is 22.8. The van der Waals surface area contributed by atoms with Crippen LogP contribution in [0.1, 0.15) is 206 Å². The maximum atomic E-state index is 12.7. The average Bonchev–Trinajstić information content (AvgIpc) is 3.18. The number of carbonyl (C=O) groups is 2. The summed E-state index contributed by atoms with van der Waals surface area (Å²) in [6.45, 7) is 3.41. The van der Waals surface area contributed by atoms with Crippen molar-refractivity contribution in [2.75, 3.05) is 19.8 Å². The number of hydrogen-bond donors (Lipinski definition) is 4. The third-order valence-corrected chi connectivity index (χ3v) is 10.7. The molecule has 1 heterocycles. The molecule has 324 valence electrons. The molecule has 0 aromatic rings. The molecule has 0 aliphatic carbocycles. The second-order valence-corrected chi connectivity index (χ2v) is 15.9. The van der Waals surface area contributed by atoms with Crippen molar-refractivity contribution in [3.8, 4) is 0 Å². The lowest BCUT2D eigenvalue weighted by atomic mass is 9.99. The number of carbonyl (C=O) groups excluding carboxylic acids is 2. The largest absolute Gasteiger partial charge is 0.462 e. The highest BCUT2D eigenvalue weighted by molar-refractivity contribution is 5.70. The lowest BCUT2D eigenvalue weighted by Crippen LogP contribution is -2.59. The van der Waals surface area contributed by atoms with Crippen molar-refractivity contribution in [2.24, 2.45) is 0 Å². The van der Waals surface area contributed by atoms with E-state index in [0.29, 0.717) is 6.42 Å². The van der Waals surface area contributed by atoms with E-state index in [-0.39, 0.29) is 32.0 Å². The molecule has 1 aliphatic rings. The van der Waals surface area contributed by atoms with Gasteiger partial charge in [0.15, 0.2) is 12.4 Å². The van der Waals surface area contributed by atoms with Gasteiger partial charge in [-0.05, 0) is 38.5 Å². The second kappa shape index (κ2) is 36.8. The predicted octanol–water partition coefficient (Wildman–Crippen LogP) is 9.56. The molecule has 10 nitrogen and oxygen atoms in total. The SMILES string of the molecule is CCCCC/C=C/CCCCCCCC(=O)O[C@@H](COC(=O)CCCCCCCCCCCCCCCCCCCC)CO[C@H]1O[C@@H](CO)[C@@H](O)C(O)C1O. The summed E-state index contributed by atoms with van der Waals surface area (Å²) in [5, 5.41) is 40.0. The molecule has 0 radical (unpaired) electrons. The third-order valence-electron chi connectivity index (χ3n) is 10.7. The lowest BCUT2D eigenvalue weighted by molar-refractivity contribution is -0.305. The summed E-state index contributed by atoms with van der Waals surface area (Å²) in [6, 6.07) is 0. The van der Waals surface area contributed by atoms with E-state index in [1.54, 1.807) is 0 Å². The smallest absolute Gasteiger partial charge is 0.306 e. The van der Waals surface area contributed by atoms with Crippen LogP contribution in [0.15, 0.2) is 12.2 Å².